The molecule has 0 bridgehead atoms. The molecule has 3 rings (SSSR count). The van der Waals surface area contributed by atoms with Crippen molar-refractivity contribution in [1.29, 1.82) is 0 Å². The average Bonchev–Trinajstić information content (AvgIpc) is 2.92. The molecule has 0 aliphatic heterocycles. The Labute approximate surface area is 253 Å². The van der Waals surface area contributed by atoms with Gasteiger partial charge >= 0.3 is 0 Å². The van der Waals surface area contributed by atoms with Crippen molar-refractivity contribution in [2.75, 3.05) is 0 Å². The summed E-state index contributed by atoms with van der Waals surface area (Å²) in [5.41, 5.74) is 4.72. The van der Waals surface area contributed by atoms with Gasteiger partial charge < -0.3 is 10.1 Å². The van der Waals surface area contributed by atoms with Crippen molar-refractivity contribution in [3.63, 3.8) is 0 Å². The normalized spacial score (nSPS) is 12.5. The number of carbonyl (C=O) groups excluding carboxylic acids is 1. The summed E-state index contributed by atoms with van der Waals surface area (Å²) in [7, 11) is 0. The summed E-state index contributed by atoms with van der Waals surface area (Å²) in [6.07, 6.45) is 5.77. The van der Waals surface area contributed by atoms with Gasteiger partial charge in [-0.25, -0.2) is 0 Å². The van der Waals surface area contributed by atoms with Crippen molar-refractivity contribution in [3.05, 3.63) is 77.1 Å². The number of aryl methyl sites for hydroxylation is 2. The van der Waals surface area contributed by atoms with Crippen LogP contribution in [0.25, 0.3) is 22.0 Å². The minimum Gasteiger partial charge on any atom is -0.512 e. The number of aliphatic hydroxyl groups is 1. The van der Waals surface area contributed by atoms with Crippen molar-refractivity contribution in [1.82, 2.24) is 4.98 Å². The number of fused-ring (bicyclic) bond motifs is 1. The number of hydrogen-bond acceptors (Lipinski definition) is 3. The molecule has 0 amide bonds. The fourth-order valence-corrected chi connectivity index (χ4v) is 5.05. The number of rotatable bonds is 10. The van der Waals surface area contributed by atoms with E-state index in [9.17, 15) is 9.90 Å². The number of aromatic nitrogens is 1. The molecule has 0 aliphatic carbocycles. The van der Waals surface area contributed by atoms with E-state index < -0.39 is 0 Å². The maximum Gasteiger partial charge on any atom is 0.165 e. The van der Waals surface area contributed by atoms with Crippen LogP contribution in [-0.4, -0.2) is 15.9 Å². The number of carbonyl (C=O) groups is 1. The van der Waals surface area contributed by atoms with Gasteiger partial charge in [-0.2, -0.15) is 0 Å². The van der Waals surface area contributed by atoms with E-state index in [1.54, 1.807) is 0 Å². The molecule has 0 spiro atoms. The zero-order valence-corrected chi connectivity index (χ0v) is 27.7. The van der Waals surface area contributed by atoms with Crippen LogP contribution in [0, 0.1) is 31.2 Å². The first kappa shape index (κ1) is 31.2. The molecule has 4 heteroatoms. The van der Waals surface area contributed by atoms with E-state index >= 15 is 0 Å². The van der Waals surface area contributed by atoms with Crippen LogP contribution in [0.2, 0.25) is 0 Å². The molecule has 1 aromatic heterocycles. The Morgan fingerprint density at radius 2 is 1.67 bits per heavy atom. The van der Waals surface area contributed by atoms with Gasteiger partial charge in [0.2, 0.25) is 0 Å². The minimum absolute atomic E-state index is 0. The summed E-state index contributed by atoms with van der Waals surface area (Å²) in [6, 6.07) is 13.8. The number of ketones is 1. The zero-order chi connectivity index (χ0) is 30.2. The van der Waals surface area contributed by atoms with Gasteiger partial charge in [-0.05, 0) is 66.1 Å². The van der Waals surface area contributed by atoms with Crippen LogP contribution in [0.4, 0.5) is 0 Å². The SMILES string of the molecule is CCC(CC)/C(O)=C/C(=O)C(CC)(CC)CC.[2H]c1nc(-c2[c-]c(C)cc(C)c2)c2ccc(C(C)C)cc2c1[2H].[Ir]. The third-order valence-electron chi connectivity index (χ3n) is 7.96. The van der Waals surface area contributed by atoms with Crippen LogP contribution < -0.4 is 0 Å². The van der Waals surface area contributed by atoms with E-state index in [0.29, 0.717) is 5.92 Å². The largest absolute Gasteiger partial charge is 0.512 e. The topological polar surface area (TPSA) is 50.2 Å². The maximum atomic E-state index is 12.3. The van der Waals surface area contributed by atoms with Crippen LogP contribution in [0.5, 0.6) is 0 Å². The van der Waals surface area contributed by atoms with E-state index in [-0.39, 0.29) is 55.2 Å². The third kappa shape index (κ3) is 8.85. The first-order chi connectivity index (χ1) is 18.9. The molecule has 0 aliphatic rings. The molecule has 39 heavy (non-hydrogen) atoms. The standard InChI is InChI=1S/C20H20N.C15H28O2.Ir/c1-13(2)16-5-6-19-17(12-16)7-8-21-20(19)18-10-14(3)9-15(4)11-18;1-6-12(7-2)13(16)11-14(17)15(8-3,9-4)10-5;/h5-10,12-13H,1-4H3;11-12,16H,6-10H2,1-5H3;/q-1;;/b;13-11-;/i7D,8D;;. The van der Waals surface area contributed by atoms with E-state index in [2.05, 4.69) is 37.0 Å². The summed E-state index contributed by atoms with van der Waals surface area (Å²) in [6.45, 7) is 18.5. The van der Waals surface area contributed by atoms with Crippen molar-refractivity contribution >= 4 is 16.6 Å². The van der Waals surface area contributed by atoms with Crippen LogP contribution >= 0.6 is 0 Å². The minimum atomic E-state index is -0.278. The second-order valence-electron chi connectivity index (χ2n) is 10.7. The Morgan fingerprint density at radius 3 is 2.18 bits per heavy atom. The predicted molar refractivity (Wildman–Crippen MR) is 163 cm³/mol. The van der Waals surface area contributed by atoms with Gasteiger partial charge in [0.25, 0.3) is 0 Å². The van der Waals surface area contributed by atoms with E-state index in [1.165, 1.54) is 11.6 Å². The van der Waals surface area contributed by atoms with E-state index in [4.69, 9.17) is 2.74 Å². The number of nitrogens with zero attached hydrogens (tertiary/aromatic N) is 1. The third-order valence-corrected chi connectivity index (χ3v) is 7.96. The Morgan fingerprint density at radius 1 is 1.05 bits per heavy atom. The van der Waals surface area contributed by atoms with E-state index in [0.717, 1.165) is 65.3 Å². The Kier molecular flexibility index (Phi) is 12.9. The molecule has 3 aromatic rings. The molecule has 0 atom stereocenters. The van der Waals surface area contributed by atoms with Gasteiger partial charge in [0.15, 0.2) is 5.78 Å². The summed E-state index contributed by atoms with van der Waals surface area (Å²) in [5.74, 6) is 0.869. The summed E-state index contributed by atoms with van der Waals surface area (Å²) < 4.78 is 16.3. The monoisotopic (exact) mass is 709 g/mol. The Balaban J connectivity index is 0.000000421. The molecule has 1 heterocycles. The van der Waals surface area contributed by atoms with Crippen molar-refractivity contribution in [2.24, 2.45) is 11.3 Å². The molecule has 215 valence electrons. The Bertz CT molecular complexity index is 1310. The summed E-state index contributed by atoms with van der Waals surface area (Å²) >= 11 is 0. The first-order valence-corrected chi connectivity index (χ1v) is 14.2. The molecule has 0 unspecified atom stereocenters. The molecule has 2 aromatic carbocycles. The second kappa shape index (κ2) is 16.1. The summed E-state index contributed by atoms with van der Waals surface area (Å²) in [5, 5.41) is 11.7. The van der Waals surface area contributed by atoms with Crippen LogP contribution in [0.15, 0.2) is 54.4 Å². The second-order valence-corrected chi connectivity index (χ2v) is 10.7. The first-order valence-electron chi connectivity index (χ1n) is 15.2. The van der Waals surface area contributed by atoms with Gasteiger partial charge in [-0.1, -0.05) is 80.5 Å². The molecule has 1 radical (unpaired) electrons. The smallest absolute Gasteiger partial charge is 0.165 e. The van der Waals surface area contributed by atoms with Gasteiger partial charge in [0.1, 0.15) is 0 Å². The number of pyridine rings is 1. The fraction of sp³-hybridized carbons (Fsp3) is 0.486. The number of benzene rings is 2. The summed E-state index contributed by atoms with van der Waals surface area (Å²) in [4.78, 5) is 16.6. The predicted octanol–water partition coefficient (Wildman–Crippen LogP) is 10.1. The van der Waals surface area contributed by atoms with Crippen LogP contribution in [0.1, 0.15) is 106 Å². The molecule has 0 saturated heterocycles. The molecule has 0 saturated carbocycles. The van der Waals surface area contributed by atoms with Crippen molar-refractivity contribution in [2.45, 2.75) is 100 Å². The van der Waals surface area contributed by atoms with Gasteiger partial charge in [-0.3, -0.25) is 4.79 Å². The fourth-order valence-electron chi connectivity index (χ4n) is 5.05. The number of hydrogen-bond donors (Lipinski definition) is 1. The van der Waals surface area contributed by atoms with E-state index in [1.807, 2.05) is 66.7 Å². The number of aliphatic hydroxyl groups excluding tert-OH is 1. The molecule has 1 N–H and O–H groups in total. The van der Waals surface area contributed by atoms with Gasteiger partial charge in [0.05, 0.1) is 8.50 Å². The van der Waals surface area contributed by atoms with Gasteiger partial charge in [-0.15, -0.1) is 34.9 Å². The van der Waals surface area contributed by atoms with Gasteiger partial charge in [0, 0.05) is 43.7 Å². The average molecular weight is 709 g/mol. The van der Waals surface area contributed by atoms with Crippen LogP contribution in [0.3, 0.4) is 0 Å². The molecular formula is C35H48IrNO2-. The molecule has 3 nitrogen and oxygen atoms in total. The maximum absolute atomic E-state index is 12.3. The van der Waals surface area contributed by atoms with Crippen LogP contribution in [-0.2, 0) is 24.9 Å². The zero-order valence-electron chi connectivity index (χ0n) is 27.3. The molecular weight excluding hydrogens is 659 g/mol. The quantitative estimate of drug-likeness (QED) is 0.130. The van der Waals surface area contributed by atoms with Crippen molar-refractivity contribution < 1.29 is 32.7 Å². The van der Waals surface area contributed by atoms with Crippen molar-refractivity contribution in [3.8, 4) is 11.3 Å². The Hall–Kier alpha value is -2.29. The molecule has 0 fully saturated rings. The number of allylic oxidation sites excluding steroid dienone is 2.